The standard InChI is InChI=1S/C11H13N5S2/c1-16-11(13-6-14-16)4-7(15-12)9-5-10-8(18-9)2-3-17-10/h2-3,5-7,15H,4,12H2,1H3. The van der Waals surface area contributed by atoms with Gasteiger partial charge >= 0.3 is 0 Å². The number of hydrogen-bond donors (Lipinski definition) is 2. The molecule has 0 aromatic carbocycles. The van der Waals surface area contributed by atoms with E-state index in [0.29, 0.717) is 0 Å². The third-order valence-electron chi connectivity index (χ3n) is 2.89. The average Bonchev–Trinajstić information content (AvgIpc) is 3.01. The SMILES string of the molecule is Cn1ncnc1CC(NN)c1cc2sccc2s1. The van der Waals surface area contributed by atoms with Crippen molar-refractivity contribution < 1.29 is 0 Å². The Hall–Kier alpha value is -1.28. The predicted molar refractivity (Wildman–Crippen MR) is 74.5 cm³/mol. The first-order valence-electron chi connectivity index (χ1n) is 5.54. The van der Waals surface area contributed by atoms with Gasteiger partial charge in [0.25, 0.3) is 0 Å². The van der Waals surface area contributed by atoms with Crippen LogP contribution in [0.15, 0.2) is 23.8 Å². The fourth-order valence-corrected chi connectivity index (χ4v) is 4.07. The van der Waals surface area contributed by atoms with Crippen molar-refractivity contribution in [2.75, 3.05) is 0 Å². The van der Waals surface area contributed by atoms with Crippen LogP contribution in [-0.4, -0.2) is 14.8 Å². The first-order chi connectivity index (χ1) is 8.78. The van der Waals surface area contributed by atoms with Gasteiger partial charge in [0.1, 0.15) is 12.2 Å². The van der Waals surface area contributed by atoms with Gasteiger partial charge in [0, 0.05) is 27.7 Å². The van der Waals surface area contributed by atoms with E-state index in [1.807, 2.05) is 7.05 Å². The number of aromatic nitrogens is 3. The van der Waals surface area contributed by atoms with E-state index in [1.54, 1.807) is 33.7 Å². The summed E-state index contributed by atoms with van der Waals surface area (Å²) in [5, 5.41) is 6.18. The lowest BCUT2D eigenvalue weighted by Gasteiger charge is -2.13. The van der Waals surface area contributed by atoms with Crippen LogP contribution in [0.25, 0.3) is 9.40 Å². The van der Waals surface area contributed by atoms with Crippen LogP contribution in [0.2, 0.25) is 0 Å². The Kier molecular flexibility index (Phi) is 3.13. The van der Waals surface area contributed by atoms with E-state index in [4.69, 9.17) is 5.84 Å². The van der Waals surface area contributed by atoms with Gasteiger partial charge in [-0.05, 0) is 17.5 Å². The molecule has 0 saturated carbocycles. The Morgan fingerprint density at radius 1 is 1.50 bits per heavy atom. The van der Waals surface area contributed by atoms with Crippen LogP contribution in [0.5, 0.6) is 0 Å². The van der Waals surface area contributed by atoms with E-state index < -0.39 is 0 Å². The largest absolute Gasteiger partial charge is 0.271 e. The minimum Gasteiger partial charge on any atom is -0.271 e. The molecule has 0 aliphatic carbocycles. The first-order valence-corrected chi connectivity index (χ1v) is 7.23. The molecule has 0 amide bonds. The summed E-state index contributed by atoms with van der Waals surface area (Å²) < 4.78 is 4.40. The van der Waals surface area contributed by atoms with Crippen LogP contribution in [0.3, 0.4) is 0 Å². The van der Waals surface area contributed by atoms with E-state index in [0.717, 1.165) is 12.2 Å². The van der Waals surface area contributed by atoms with Gasteiger partial charge < -0.3 is 0 Å². The topological polar surface area (TPSA) is 68.8 Å². The highest BCUT2D eigenvalue weighted by molar-refractivity contribution is 7.26. The Morgan fingerprint density at radius 2 is 2.39 bits per heavy atom. The molecule has 3 rings (SSSR count). The molecule has 1 atom stereocenters. The number of nitrogens with zero attached hydrogens (tertiary/aromatic N) is 3. The summed E-state index contributed by atoms with van der Waals surface area (Å²) in [4.78, 5) is 5.47. The monoisotopic (exact) mass is 279 g/mol. The molecule has 0 radical (unpaired) electrons. The van der Waals surface area contributed by atoms with Crippen LogP contribution in [0.1, 0.15) is 16.7 Å². The molecule has 0 fully saturated rings. The summed E-state index contributed by atoms with van der Waals surface area (Å²) >= 11 is 3.53. The zero-order chi connectivity index (χ0) is 12.5. The first kappa shape index (κ1) is 11.8. The van der Waals surface area contributed by atoms with Crippen LogP contribution in [0.4, 0.5) is 0 Å². The molecular weight excluding hydrogens is 266 g/mol. The molecule has 0 aliphatic heterocycles. The van der Waals surface area contributed by atoms with Gasteiger partial charge in [-0.25, -0.2) is 4.98 Å². The molecule has 0 aliphatic rings. The zero-order valence-electron chi connectivity index (χ0n) is 9.83. The van der Waals surface area contributed by atoms with Gasteiger partial charge in [-0.15, -0.1) is 22.7 Å². The summed E-state index contributed by atoms with van der Waals surface area (Å²) in [6, 6.07) is 4.42. The van der Waals surface area contributed by atoms with E-state index in [-0.39, 0.29) is 6.04 Å². The Bertz CT molecular complexity index is 625. The van der Waals surface area contributed by atoms with Crippen molar-refractivity contribution in [3.05, 3.63) is 34.5 Å². The van der Waals surface area contributed by atoms with E-state index in [9.17, 15) is 0 Å². The van der Waals surface area contributed by atoms with Crippen molar-refractivity contribution in [2.45, 2.75) is 12.5 Å². The lowest BCUT2D eigenvalue weighted by molar-refractivity contribution is 0.530. The van der Waals surface area contributed by atoms with Gasteiger partial charge in [0.15, 0.2) is 0 Å². The van der Waals surface area contributed by atoms with Gasteiger partial charge in [-0.2, -0.15) is 5.10 Å². The van der Waals surface area contributed by atoms with Gasteiger partial charge in [0.2, 0.25) is 0 Å². The van der Waals surface area contributed by atoms with Crippen LogP contribution < -0.4 is 11.3 Å². The molecule has 94 valence electrons. The van der Waals surface area contributed by atoms with Crippen molar-refractivity contribution in [1.82, 2.24) is 20.2 Å². The van der Waals surface area contributed by atoms with Crippen molar-refractivity contribution in [2.24, 2.45) is 12.9 Å². The maximum Gasteiger partial charge on any atom is 0.138 e. The highest BCUT2D eigenvalue weighted by Crippen LogP contribution is 2.34. The fourth-order valence-electron chi connectivity index (χ4n) is 1.89. The molecule has 3 aromatic rings. The Morgan fingerprint density at radius 3 is 3.06 bits per heavy atom. The predicted octanol–water partition coefficient (Wildman–Crippen LogP) is 1.84. The Balaban J connectivity index is 1.88. The van der Waals surface area contributed by atoms with E-state index in [1.165, 1.54) is 14.3 Å². The average molecular weight is 279 g/mol. The summed E-state index contributed by atoms with van der Waals surface area (Å²) in [6.07, 6.45) is 2.30. The third kappa shape index (κ3) is 2.05. The highest BCUT2D eigenvalue weighted by Gasteiger charge is 2.16. The van der Waals surface area contributed by atoms with Crippen LogP contribution in [-0.2, 0) is 13.5 Å². The quantitative estimate of drug-likeness (QED) is 0.565. The summed E-state index contributed by atoms with van der Waals surface area (Å²) in [6.45, 7) is 0. The fraction of sp³-hybridized carbons (Fsp3) is 0.273. The number of rotatable bonds is 4. The number of thiophene rings is 2. The maximum absolute atomic E-state index is 5.66. The molecular formula is C11H13N5S2. The smallest absolute Gasteiger partial charge is 0.138 e. The minimum atomic E-state index is 0.0810. The summed E-state index contributed by atoms with van der Waals surface area (Å²) in [5.41, 5.74) is 2.87. The van der Waals surface area contributed by atoms with Gasteiger partial charge in [0.05, 0.1) is 6.04 Å². The van der Waals surface area contributed by atoms with Crippen molar-refractivity contribution >= 4 is 32.1 Å². The van der Waals surface area contributed by atoms with Crippen molar-refractivity contribution in [3.8, 4) is 0 Å². The zero-order valence-corrected chi connectivity index (χ0v) is 11.5. The summed E-state index contributed by atoms with van der Waals surface area (Å²) in [7, 11) is 1.89. The molecule has 1 unspecified atom stereocenters. The molecule has 0 saturated heterocycles. The minimum absolute atomic E-state index is 0.0810. The molecule has 3 aromatic heterocycles. The van der Waals surface area contributed by atoms with Crippen LogP contribution in [0, 0.1) is 0 Å². The summed E-state index contributed by atoms with van der Waals surface area (Å²) in [5.74, 6) is 6.59. The molecule has 3 N–H and O–H groups in total. The van der Waals surface area contributed by atoms with E-state index >= 15 is 0 Å². The second-order valence-electron chi connectivity index (χ2n) is 4.02. The normalized spacial score (nSPS) is 13.2. The molecule has 7 heteroatoms. The van der Waals surface area contributed by atoms with Crippen molar-refractivity contribution in [1.29, 1.82) is 0 Å². The second-order valence-corrected chi connectivity index (χ2v) is 6.08. The number of nitrogens with two attached hydrogens (primary N) is 1. The number of hydrogen-bond acceptors (Lipinski definition) is 6. The second kappa shape index (κ2) is 4.77. The number of fused-ring (bicyclic) bond motifs is 1. The van der Waals surface area contributed by atoms with Gasteiger partial charge in [-0.3, -0.25) is 16.0 Å². The van der Waals surface area contributed by atoms with E-state index in [2.05, 4.69) is 33.0 Å². The molecule has 0 spiro atoms. The number of hydrazine groups is 1. The van der Waals surface area contributed by atoms with Crippen molar-refractivity contribution in [3.63, 3.8) is 0 Å². The number of nitrogens with one attached hydrogen (secondary N) is 1. The highest BCUT2D eigenvalue weighted by atomic mass is 32.1. The molecule has 18 heavy (non-hydrogen) atoms. The van der Waals surface area contributed by atoms with Crippen LogP contribution >= 0.6 is 22.7 Å². The molecule has 3 heterocycles. The maximum atomic E-state index is 5.66. The molecule has 5 nitrogen and oxygen atoms in total. The lowest BCUT2D eigenvalue weighted by Crippen LogP contribution is -2.29. The lowest BCUT2D eigenvalue weighted by atomic mass is 10.2. The van der Waals surface area contributed by atoms with Gasteiger partial charge in [-0.1, -0.05) is 0 Å². The number of aryl methyl sites for hydroxylation is 1. The Labute approximate surface area is 112 Å². The third-order valence-corrected chi connectivity index (χ3v) is 5.10. The molecule has 0 bridgehead atoms.